The highest BCUT2D eigenvalue weighted by Crippen LogP contribution is 2.40. The average molecular weight is 603 g/mol. The molecule has 1 aliphatic carbocycles. The minimum Gasteiger partial charge on any atom is -0.478 e. The normalized spacial score (nSPS) is 14.9. The number of anilines is 1. The number of aromatic carboxylic acids is 1. The monoisotopic (exact) mass is 602 g/mol. The molecule has 2 aromatic carbocycles. The first-order chi connectivity index (χ1) is 20.4. The van der Waals surface area contributed by atoms with Crippen LogP contribution in [0.4, 0.5) is 5.69 Å². The number of rotatable bonds is 18. The third-order valence-corrected chi connectivity index (χ3v) is 7.02. The van der Waals surface area contributed by atoms with E-state index in [1.165, 1.54) is 12.1 Å². The molecule has 0 aromatic heterocycles. The second kappa shape index (κ2) is 17.5. The van der Waals surface area contributed by atoms with Gasteiger partial charge in [0.1, 0.15) is 30.8 Å². The molecular formula is C30H38N2O9S. The number of aliphatic hydroxyl groups is 3. The van der Waals surface area contributed by atoms with Crippen LogP contribution in [-0.2, 0) is 14.3 Å². The van der Waals surface area contributed by atoms with Gasteiger partial charge in [0, 0.05) is 12.1 Å². The number of unbranched alkanes of at least 4 members (excludes halogenated alkanes) is 1. The van der Waals surface area contributed by atoms with Gasteiger partial charge in [-0.05, 0) is 55.5 Å². The third-order valence-electron chi connectivity index (χ3n) is 6.15. The first-order valence-corrected chi connectivity index (χ1v) is 14.6. The number of allylic oxidation sites excluding steroid dienone is 3. The molecule has 1 unspecified atom stereocenters. The van der Waals surface area contributed by atoms with Crippen LogP contribution in [0.15, 0.2) is 71.2 Å². The Bertz CT molecular complexity index is 1220. The summed E-state index contributed by atoms with van der Waals surface area (Å²) in [5.74, 6) is -0.802. The summed E-state index contributed by atoms with van der Waals surface area (Å²) in [6.45, 7) is 1.12. The molecule has 0 aliphatic heterocycles. The van der Waals surface area contributed by atoms with Crippen LogP contribution in [0.3, 0.4) is 0 Å². The van der Waals surface area contributed by atoms with Gasteiger partial charge in [-0.1, -0.05) is 49.8 Å². The predicted octanol–water partition coefficient (Wildman–Crippen LogP) is 3.86. The van der Waals surface area contributed by atoms with E-state index in [2.05, 4.69) is 10.0 Å². The number of ether oxygens (including phenoxy) is 3. The minimum atomic E-state index is -1.43. The van der Waals surface area contributed by atoms with Gasteiger partial charge in [0.15, 0.2) is 5.75 Å². The van der Waals surface area contributed by atoms with Crippen molar-refractivity contribution in [2.75, 3.05) is 31.7 Å². The summed E-state index contributed by atoms with van der Waals surface area (Å²) in [6.07, 6.45) is 4.72. The van der Waals surface area contributed by atoms with E-state index in [0.717, 1.165) is 31.2 Å². The van der Waals surface area contributed by atoms with Crippen LogP contribution < -0.4 is 14.8 Å². The number of nitrogens with one attached hydrogen (secondary N) is 2. The Balaban J connectivity index is 1.81. The summed E-state index contributed by atoms with van der Waals surface area (Å²) in [5, 5.41) is 43.0. The molecular weight excluding hydrogens is 564 g/mol. The van der Waals surface area contributed by atoms with E-state index in [1.54, 1.807) is 36.4 Å². The number of hydrogen-bond acceptors (Lipinski definition) is 11. The maximum Gasteiger partial charge on any atom is 0.335 e. The van der Waals surface area contributed by atoms with Crippen molar-refractivity contribution < 1.29 is 44.2 Å². The highest BCUT2D eigenvalue weighted by Gasteiger charge is 2.26. The number of para-hydroxylation sites is 1. The molecule has 12 heteroatoms. The van der Waals surface area contributed by atoms with Gasteiger partial charge in [-0.15, -0.1) is 0 Å². The summed E-state index contributed by atoms with van der Waals surface area (Å²) in [6, 6.07) is 11.9. The number of carboxylic acid groups (broad SMARTS) is 1. The Labute approximate surface area is 249 Å². The van der Waals surface area contributed by atoms with E-state index < -0.39 is 43.6 Å². The van der Waals surface area contributed by atoms with Gasteiger partial charge in [-0.2, -0.15) is 0 Å². The van der Waals surface area contributed by atoms with Crippen LogP contribution in [0.2, 0.25) is 0 Å². The van der Waals surface area contributed by atoms with Crippen molar-refractivity contribution in [1.29, 1.82) is 0 Å². The molecule has 0 amide bonds. The van der Waals surface area contributed by atoms with Gasteiger partial charge >= 0.3 is 11.9 Å². The topological polar surface area (TPSA) is 167 Å². The Hall–Kier alpha value is -3.39. The Morgan fingerprint density at radius 2 is 1.90 bits per heavy atom. The van der Waals surface area contributed by atoms with Gasteiger partial charge in [-0.3, -0.25) is 0 Å². The highest BCUT2D eigenvalue weighted by atomic mass is 32.2. The van der Waals surface area contributed by atoms with Crippen molar-refractivity contribution in [3.05, 3.63) is 71.8 Å². The Morgan fingerprint density at radius 1 is 1.12 bits per heavy atom. The van der Waals surface area contributed by atoms with E-state index in [0.29, 0.717) is 40.6 Å². The van der Waals surface area contributed by atoms with Crippen molar-refractivity contribution >= 4 is 29.6 Å². The van der Waals surface area contributed by atoms with E-state index in [1.807, 2.05) is 19.1 Å². The van der Waals surface area contributed by atoms with Gasteiger partial charge in [0.05, 0.1) is 29.4 Å². The smallest absolute Gasteiger partial charge is 0.335 e. The van der Waals surface area contributed by atoms with Crippen LogP contribution in [0, 0.1) is 0 Å². The second-order valence-corrected chi connectivity index (χ2v) is 10.3. The summed E-state index contributed by atoms with van der Waals surface area (Å²) >= 11 is 0.922. The lowest BCUT2D eigenvalue weighted by Gasteiger charge is -2.27. The Kier molecular flexibility index (Phi) is 13.8. The van der Waals surface area contributed by atoms with Crippen LogP contribution >= 0.6 is 11.9 Å². The van der Waals surface area contributed by atoms with E-state index in [4.69, 9.17) is 14.2 Å². The van der Waals surface area contributed by atoms with Gasteiger partial charge < -0.3 is 40.0 Å². The van der Waals surface area contributed by atoms with Crippen molar-refractivity contribution in [3.8, 4) is 11.5 Å². The summed E-state index contributed by atoms with van der Waals surface area (Å²) in [4.78, 5) is 24.7. The number of benzene rings is 2. The van der Waals surface area contributed by atoms with Crippen molar-refractivity contribution in [2.24, 2.45) is 0 Å². The molecule has 42 heavy (non-hydrogen) atoms. The van der Waals surface area contributed by atoms with E-state index in [-0.39, 0.29) is 12.2 Å². The van der Waals surface area contributed by atoms with Crippen molar-refractivity contribution in [2.45, 2.75) is 55.9 Å². The lowest BCUT2D eigenvalue weighted by molar-refractivity contribution is -0.153. The minimum absolute atomic E-state index is 0.00546. The number of carboxylic acids is 1. The first kappa shape index (κ1) is 33.1. The lowest BCUT2D eigenvalue weighted by atomic mass is 10.1. The van der Waals surface area contributed by atoms with Crippen LogP contribution in [0.1, 0.15) is 43.0 Å². The average Bonchev–Trinajstić information content (AvgIpc) is 3.02. The standard InChI is InChI=1S/C30H38N2O9S/c1-2-3-14-31-24-15-21(29(36)37)16-26(27(24)40-22-12-8-5-9-13-22)42-32-28(25(35)18-34)41-23(17-33)19-39-30(38)20-10-6-4-7-11-20/h4-6,8-10,12-13,15-16,23,25,28,31-35H,2-3,7,11,14,17-19H2,1H3,(H,36,37)/t23-,25+,28?/m0/s1. The highest BCUT2D eigenvalue weighted by molar-refractivity contribution is 7.97. The molecule has 3 atom stereocenters. The summed E-state index contributed by atoms with van der Waals surface area (Å²) in [5.41, 5.74) is 0.969. The maximum atomic E-state index is 12.4. The zero-order valence-electron chi connectivity index (χ0n) is 23.4. The van der Waals surface area contributed by atoms with Gasteiger partial charge in [-0.25, -0.2) is 14.3 Å². The molecule has 11 nitrogen and oxygen atoms in total. The molecule has 0 spiro atoms. The summed E-state index contributed by atoms with van der Waals surface area (Å²) in [7, 11) is 0. The van der Waals surface area contributed by atoms with Gasteiger partial charge in [0.25, 0.3) is 0 Å². The van der Waals surface area contributed by atoms with Crippen molar-refractivity contribution in [1.82, 2.24) is 4.72 Å². The molecule has 6 N–H and O–H groups in total. The zero-order chi connectivity index (χ0) is 30.3. The summed E-state index contributed by atoms with van der Waals surface area (Å²) < 4.78 is 20.2. The number of carbonyl (C=O) groups is 2. The molecule has 0 heterocycles. The molecule has 1 aliphatic rings. The zero-order valence-corrected chi connectivity index (χ0v) is 24.2. The lowest BCUT2D eigenvalue weighted by Crippen LogP contribution is -2.45. The fourth-order valence-electron chi connectivity index (χ4n) is 3.84. The van der Waals surface area contributed by atoms with Crippen LogP contribution in [-0.4, -0.2) is 77.2 Å². The van der Waals surface area contributed by atoms with E-state index in [9.17, 15) is 30.0 Å². The van der Waals surface area contributed by atoms with Crippen LogP contribution in [0.25, 0.3) is 0 Å². The first-order valence-electron chi connectivity index (χ1n) is 13.7. The number of hydrogen-bond donors (Lipinski definition) is 6. The molecule has 0 saturated carbocycles. The second-order valence-electron chi connectivity index (χ2n) is 9.44. The largest absolute Gasteiger partial charge is 0.478 e. The molecule has 0 radical (unpaired) electrons. The van der Waals surface area contributed by atoms with Crippen molar-refractivity contribution in [3.63, 3.8) is 0 Å². The molecule has 3 rings (SSSR count). The number of carbonyl (C=O) groups excluding carboxylic acids is 1. The molecule has 0 fully saturated rings. The number of esters is 1. The quantitative estimate of drug-likeness (QED) is 0.0632. The molecule has 0 saturated heterocycles. The fourth-order valence-corrected chi connectivity index (χ4v) is 4.72. The Morgan fingerprint density at radius 3 is 2.55 bits per heavy atom. The number of aliphatic hydroxyl groups excluding tert-OH is 3. The third kappa shape index (κ3) is 10.2. The van der Waals surface area contributed by atoms with Gasteiger partial charge in [0.2, 0.25) is 0 Å². The van der Waals surface area contributed by atoms with E-state index >= 15 is 0 Å². The molecule has 2 aromatic rings. The van der Waals surface area contributed by atoms with Crippen LogP contribution in [0.5, 0.6) is 11.5 Å². The predicted molar refractivity (Wildman–Crippen MR) is 159 cm³/mol. The maximum absolute atomic E-state index is 12.4. The fraction of sp³-hybridized carbons (Fsp3) is 0.400. The SMILES string of the molecule is CCCCNc1cc(C(=O)O)cc(SNC(O[C@@H](CO)COC(=O)C2=CC=CCC2)[C@H](O)CO)c1Oc1ccccc1. The molecule has 228 valence electrons. The molecule has 0 bridgehead atoms.